The van der Waals surface area contributed by atoms with Gasteiger partial charge in [-0.2, -0.15) is 5.10 Å². The van der Waals surface area contributed by atoms with Crippen molar-refractivity contribution in [3.63, 3.8) is 0 Å². The molecule has 0 bridgehead atoms. The monoisotopic (exact) mass is 244 g/mol. The van der Waals surface area contributed by atoms with Crippen LogP contribution in [0.5, 0.6) is 0 Å². The number of hydrogen-bond donors (Lipinski definition) is 1. The molecule has 0 aliphatic heterocycles. The summed E-state index contributed by atoms with van der Waals surface area (Å²) in [6.07, 6.45) is 1.02. The van der Waals surface area contributed by atoms with Crippen LogP contribution in [0.25, 0.3) is 0 Å². The molecular weight excluding hydrogens is 228 g/mol. The second-order valence-electron chi connectivity index (χ2n) is 4.00. The maximum absolute atomic E-state index is 11.4. The van der Waals surface area contributed by atoms with Gasteiger partial charge in [-0.1, -0.05) is 11.6 Å². The highest BCUT2D eigenvalue weighted by Crippen LogP contribution is 2.23. The summed E-state index contributed by atoms with van der Waals surface area (Å²) in [5.74, 6) is -0.0984. The molecule has 1 aromatic rings. The van der Waals surface area contributed by atoms with Crippen molar-refractivity contribution in [1.29, 1.82) is 0 Å². The minimum atomic E-state index is -0.176. The number of halogens is 1. The number of aliphatic hydroxyl groups is 1. The van der Waals surface area contributed by atoms with Crippen molar-refractivity contribution in [1.82, 2.24) is 9.78 Å². The minimum absolute atomic E-state index is 0.0151. The Morgan fingerprint density at radius 1 is 1.62 bits per heavy atom. The van der Waals surface area contributed by atoms with Crippen LogP contribution >= 0.6 is 11.6 Å². The molecule has 0 aromatic carbocycles. The average molecular weight is 245 g/mol. The van der Waals surface area contributed by atoms with Crippen molar-refractivity contribution in [2.24, 2.45) is 13.0 Å². The van der Waals surface area contributed by atoms with Gasteiger partial charge in [-0.05, 0) is 26.7 Å². The van der Waals surface area contributed by atoms with Crippen LogP contribution in [0.15, 0.2) is 0 Å². The first-order valence-corrected chi connectivity index (χ1v) is 5.64. The van der Waals surface area contributed by atoms with Gasteiger partial charge in [-0.25, -0.2) is 0 Å². The molecule has 16 heavy (non-hydrogen) atoms. The van der Waals surface area contributed by atoms with Crippen molar-refractivity contribution in [3.05, 3.63) is 16.4 Å². The zero-order chi connectivity index (χ0) is 12.3. The number of Topliss-reactive ketones (excluding diaryl/α,β-unsaturated/α-hetero) is 1. The van der Waals surface area contributed by atoms with E-state index in [-0.39, 0.29) is 18.3 Å². The Hall–Kier alpha value is -0.870. The number of ketones is 1. The molecule has 0 radical (unpaired) electrons. The van der Waals surface area contributed by atoms with Gasteiger partial charge in [0.1, 0.15) is 10.9 Å². The molecule has 0 saturated heterocycles. The summed E-state index contributed by atoms with van der Waals surface area (Å²) in [4.78, 5) is 11.4. The van der Waals surface area contributed by atoms with E-state index in [2.05, 4.69) is 5.10 Å². The normalized spacial score (nSPS) is 12.8. The Morgan fingerprint density at radius 2 is 2.25 bits per heavy atom. The van der Waals surface area contributed by atoms with E-state index in [0.717, 1.165) is 11.3 Å². The molecule has 4 nitrogen and oxygen atoms in total. The molecule has 1 N–H and O–H groups in total. The lowest BCUT2D eigenvalue weighted by molar-refractivity contribution is -0.121. The predicted molar refractivity (Wildman–Crippen MR) is 62.5 cm³/mol. The van der Waals surface area contributed by atoms with Gasteiger partial charge in [-0.15, -0.1) is 0 Å². The van der Waals surface area contributed by atoms with Crippen molar-refractivity contribution in [2.45, 2.75) is 26.7 Å². The van der Waals surface area contributed by atoms with E-state index in [0.29, 0.717) is 18.0 Å². The van der Waals surface area contributed by atoms with Gasteiger partial charge in [0, 0.05) is 25.1 Å². The van der Waals surface area contributed by atoms with Crippen molar-refractivity contribution in [3.8, 4) is 0 Å². The molecule has 0 aliphatic carbocycles. The molecule has 0 aliphatic rings. The fraction of sp³-hybridized carbons (Fsp3) is 0.636. The van der Waals surface area contributed by atoms with Crippen LogP contribution in [-0.4, -0.2) is 27.3 Å². The van der Waals surface area contributed by atoms with Gasteiger partial charge < -0.3 is 5.11 Å². The molecule has 1 aromatic heterocycles. The summed E-state index contributed by atoms with van der Waals surface area (Å²) in [7, 11) is 1.77. The van der Waals surface area contributed by atoms with Gasteiger partial charge >= 0.3 is 0 Å². The van der Waals surface area contributed by atoms with E-state index in [1.165, 1.54) is 0 Å². The summed E-state index contributed by atoms with van der Waals surface area (Å²) >= 11 is 6.09. The standard InChI is InChI=1S/C11H17ClN2O2/c1-7-10(11(12)14(3)13-7)6-9(4-5-15)8(2)16/h9,15H,4-6H2,1-3H3. The van der Waals surface area contributed by atoms with Crippen LogP contribution in [0.1, 0.15) is 24.6 Å². The third-order valence-corrected chi connectivity index (χ3v) is 3.25. The van der Waals surface area contributed by atoms with Gasteiger partial charge in [0.25, 0.3) is 0 Å². The number of aliphatic hydroxyl groups excluding tert-OH is 1. The zero-order valence-electron chi connectivity index (χ0n) is 9.83. The summed E-state index contributed by atoms with van der Waals surface area (Å²) in [6.45, 7) is 3.43. The van der Waals surface area contributed by atoms with Crippen LogP contribution < -0.4 is 0 Å². The largest absolute Gasteiger partial charge is 0.396 e. The number of nitrogens with zero attached hydrogens (tertiary/aromatic N) is 2. The molecule has 1 atom stereocenters. The minimum Gasteiger partial charge on any atom is -0.396 e. The molecular formula is C11H17ClN2O2. The van der Waals surface area contributed by atoms with E-state index in [9.17, 15) is 4.79 Å². The third kappa shape index (κ3) is 2.83. The lowest BCUT2D eigenvalue weighted by Gasteiger charge is -2.11. The van der Waals surface area contributed by atoms with E-state index in [1.807, 2.05) is 6.92 Å². The highest BCUT2D eigenvalue weighted by molar-refractivity contribution is 6.30. The SMILES string of the molecule is CC(=O)C(CCO)Cc1c(C)nn(C)c1Cl. The smallest absolute Gasteiger partial charge is 0.133 e. The van der Waals surface area contributed by atoms with Gasteiger partial charge in [0.15, 0.2) is 0 Å². The fourth-order valence-electron chi connectivity index (χ4n) is 1.76. The lowest BCUT2D eigenvalue weighted by Crippen LogP contribution is -2.16. The maximum atomic E-state index is 11.4. The average Bonchev–Trinajstić information content (AvgIpc) is 2.43. The van der Waals surface area contributed by atoms with E-state index in [4.69, 9.17) is 16.7 Å². The van der Waals surface area contributed by atoms with Gasteiger partial charge in [-0.3, -0.25) is 9.48 Å². The fourth-order valence-corrected chi connectivity index (χ4v) is 2.01. The number of hydrogen-bond acceptors (Lipinski definition) is 3. The van der Waals surface area contributed by atoms with Gasteiger partial charge in [0.2, 0.25) is 0 Å². The molecule has 1 rings (SSSR count). The highest BCUT2D eigenvalue weighted by Gasteiger charge is 2.19. The Labute approximate surface area is 100 Å². The zero-order valence-corrected chi connectivity index (χ0v) is 10.6. The molecule has 0 saturated carbocycles. The first kappa shape index (κ1) is 13.2. The quantitative estimate of drug-likeness (QED) is 0.854. The molecule has 0 spiro atoms. The maximum Gasteiger partial charge on any atom is 0.133 e. The van der Waals surface area contributed by atoms with E-state index >= 15 is 0 Å². The van der Waals surface area contributed by atoms with Crippen molar-refractivity contribution >= 4 is 17.4 Å². The number of aromatic nitrogens is 2. The van der Waals surface area contributed by atoms with Crippen LogP contribution in [0.2, 0.25) is 5.15 Å². The van der Waals surface area contributed by atoms with Crippen molar-refractivity contribution < 1.29 is 9.90 Å². The third-order valence-electron chi connectivity index (χ3n) is 2.77. The number of carbonyl (C=O) groups is 1. The van der Waals surface area contributed by atoms with E-state index in [1.54, 1.807) is 18.7 Å². The van der Waals surface area contributed by atoms with Crippen LogP contribution in [0.4, 0.5) is 0 Å². The summed E-state index contributed by atoms with van der Waals surface area (Å²) < 4.78 is 1.60. The summed E-state index contributed by atoms with van der Waals surface area (Å²) in [5.41, 5.74) is 1.74. The number of rotatable bonds is 5. The second kappa shape index (κ2) is 5.46. The number of carbonyl (C=O) groups excluding carboxylic acids is 1. The Kier molecular flexibility index (Phi) is 4.50. The van der Waals surface area contributed by atoms with Crippen LogP contribution in [0, 0.1) is 12.8 Å². The number of aryl methyl sites for hydroxylation is 2. The molecule has 90 valence electrons. The first-order valence-electron chi connectivity index (χ1n) is 5.26. The molecule has 0 fully saturated rings. The molecule has 0 amide bonds. The van der Waals surface area contributed by atoms with Crippen LogP contribution in [-0.2, 0) is 18.3 Å². The van der Waals surface area contributed by atoms with Gasteiger partial charge in [0.05, 0.1) is 5.69 Å². The summed E-state index contributed by atoms with van der Waals surface area (Å²) in [6, 6.07) is 0. The van der Waals surface area contributed by atoms with E-state index < -0.39 is 0 Å². The molecule has 1 heterocycles. The summed E-state index contributed by atoms with van der Waals surface area (Å²) in [5, 5.41) is 13.7. The second-order valence-corrected chi connectivity index (χ2v) is 4.36. The topological polar surface area (TPSA) is 55.1 Å². The molecule has 5 heteroatoms. The Bertz CT molecular complexity index is 388. The lowest BCUT2D eigenvalue weighted by atomic mass is 9.93. The predicted octanol–water partition coefficient (Wildman–Crippen LogP) is 1.51. The Morgan fingerprint density at radius 3 is 2.62 bits per heavy atom. The van der Waals surface area contributed by atoms with Crippen molar-refractivity contribution in [2.75, 3.05) is 6.61 Å². The first-order chi connectivity index (χ1) is 7.47. The highest BCUT2D eigenvalue weighted by atomic mass is 35.5. The Balaban J connectivity index is 2.88. The molecule has 1 unspecified atom stereocenters. The van der Waals surface area contributed by atoms with Crippen LogP contribution in [0.3, 0.4) is 0 Å².